The van der Waals surface area contributed by atoms with E-state index in [4.69, 9.17) is 11.6 Å². The lowest BCUT2D eigenvalue weighted by molar-refractivity contribution is 0.255. The molecule has 1 N–H and O–H groups in total. The van der Waals surface area contributed by atoms with E-state index in [0.717, 1.165) is 44.7 Å². The van der Waals surface area contributed by atoms with Crippen molar-refractivity contribution >= 4 is 27.3 Å². The van der Waals surface area contributed by atoms with Gasteiger partial charge in [0, 0.05) is 43.4 Å². The maximum Gasteiger partial charge on any atom is 0.240 e. The van der Waals surface area contributed by atoms with E-state index in [2.05, 4.69) is 45.7 Å². The van der Waals surface area contributed by atoms with Crippen LogP contribution in [0.4, 0.5) is 5.69 Å². The van der Waals surface area contributed by atoms with Crippen LogP contribution in [0.2, 0.25) is 5.02 Å². The Morgan fingerprint density at radius 3 is 2.46 bits per heavy atom. The molecule has 2 aromatic rings. The quantitative estimate of drug-likeness (QED) is 0.696. The first-order chi connectivity index (χ1) is 13.3. The Labute approximate surface area is 173 Å². The fourth-order valence-corrected chi connectivity index (χ4v) is 4.73. The van der Waals surface area contributed by atoms with Crippen LogP contribution in [0.5, 0.6) is 0 Å². The minimum absolute atomic E-state index is 0.217. The van der Waals surface area contributed by atoms with Crippen LogP contribution in [0.1, 0.15) is 17.5 Å². The number of aryl methyl sites for hydroxylation is 2. The molecule has 0 bridgehead atoms. The van der Waals surface area contributed by atoms with Gasteiger partial charge in [0.1, 0.15) is 0 Å². The SMILES string of the molecule is Cc1cccc(N2CCN(CCCNS(=O)(=O)c3ccc(C)c(Cl)c3)CC2)c1. The lowest BCUT2D eigenvalue weighted by atomic mass is 10.2. The van der Waals surface area contributed by atoms with E-state index in [1.54, 1.807) is 12.1 Å². The van der Waals surface area contributed by atoms with E-state index in [0.29, 0.717) is 11.6 Å². The smallest absolute Gasteiger partial charge is 0.240 e. The number of piperazine rings is 1. The van der Waals surface area contributed by atoms with Crippen LogP contribution in [-0.4, -0.2) is 52.6 Å². The van der Waals surface area contributed by atoms with E-state index < -0.39 is 10.0 Å². The second-order valence-electron chi connectivity index (χ2n) is 7.33. The van der Waals surface area contributed by atoms with Gasteiger partial charge in [0.25, 0.3) is 0 Å². The first-order valence-corrected chi connectivity index (χ1v) is 11.5. The number of hydrogen-bond acceptors (Lipinski definition) is 4. The summed E-state index contributed by atoms with van der Waals surface area (Å²) < 4.78 is 27.4. The van der Waals surface area contributed by atoms with Crippen LogP contribution in [-0.2, 0) is 10.0 Å². The molecule has 28 heavy (non-hydrogen) atoms. The summed E-state index contributed by atoms with van der Waals surface area (Å²) in [7, 11) is -3.51. The molecule has 0 aliphatic carbocycles. The first-order valence-electron chi connectivity index (χ1n) is 9.65. The molecule has 7 heteroatoms. The lowest BCUT2D eigenvalue weighted by Gasteiger charge is -2.36. The highest BCUT2D eigenvalue weighted by molar-refractivity contribution is 7.89. The van der Waals surface area contributed by atoms with Gasteiger partial charge in [0.2, 0.25) is 10.0 Å². The molecule has 1 saturated heterocycles. The molecule has 152 valence electrons. The summed E-state index contributed by atoms with van der Waals surface area (Å²) in [6, 6.07) is 13.4. The molecular weight excluding hydrogens is 394 g/mol. The normalized spacial score (nSPS) is 15.8. The summed E-state index contributed by atoms with van der Waals surface area (Å²) in [4.78, 5) is 5.02. The molecule has 0 amide bonds. The molecule has 0 atom stereocenters. The first kappa shape index (κ1) is 21.1. The van der Waals surface area contributed by atoms with E-state index in [9.17, 15) is 8.42 Å². The number of hydrogen-bond donors (Lipinski definition) is 1. The highest BCUT2D eigenvalue weighted by Crippen LogP contribution is 2.20. The van der Waals surface area contributed by atoms with Crippen molar-refractivity contribution in [1.82, 2.24) is 9.62 Å². The standard InChI is InChI=1S/C21H28ClN3O2S/c1-17-5-3-6-19(15-17)25-13-11-24(12-14-25)10-4-9-23-28(26,27)20-8-7-18(2)21(22)16-20/h3,5-8,15-16,23H,4,9-14H2,1-2H3. The molecule has 0 saturated carbocycles. The zero-order valence-corrected chi connectivity index (χ0v) is 18.1. The van der Waals surface area contributed by atoms with Crippen molar-refractivity contribution in [2.75, 3.05) is 44.2 Å². The Balaban J connectivity index is 1.42. The fraction of sp³-hybridized carbons (Fsp3) is 0.429. The van der Waals surface area contributed by atoms with Gasteiger partial charge in [-0.05, 0) is 62.2 Å². The number of rotatable bonds is 7. The summed E-state index contributed by atoms with van der Waals surface area (Å²) in [6.45, 7) is 9.26. The molecule has 0 unspecified atom stereocenters. The highest BCUT2D eigenvalue weighted by atomic mass is 35.5. The van der Waals surface area contributed by atoms with Crippen molar-refractivity contribution < 1.29 is 8.42 Å². The number of benzene rings is 2. The van der Waals surface area contributed by atoms with Crippen molar-refractivity contribution in [3.05, 3.63) is 58.6 Å². The maximum atomic E-state index is 12.4. The maximum absolute atomic E-state index is 12.4. The molecule has 3 rings (SSSR count). The van der Waals surface area contributed by atoms with E-state index in [-0.39, 0.29) is 4.90 Å². The molecule has 5 nitrogen and oxygen atoms in total. The minimum atomic E-state index is -3.51. The van der Waals surface area contributed by atoms with Crippen LogP contribution in [0, 0.1) is 13.8 Å². The Morgan fingerprint density at radius 1 is 1.04 bits per heavy atom. The third-order valence-corrected chi connectivity index (χ3v) is 7.00. The summed E-state index contributed by atoms with van der Waals surface area (Å²) in [5.74, 6) is 0. The molecular formula is C21H28ClN3O2S. The van der Waals surface area contributed by atoms with Gasteiger partial charge in [-0.2, -0.15) is 0 Å². The van der Waals surface area contributed by atoms with Crippen molar-refractivity contribution in [2.45, 2.75) is 25.2 Å². The van der Waals surface area contributed by atoms with Gasteiger partial charge < -0.3 is 4.90 Å². The van der Waals surface area contributed by atoms with E-state index >= 15 is 0 Å². The van der Waals surface area contributed by atoms with Crippen LogP contribution < -0.4 is 9.62 Å². The van der Waals surface area contributed by atoms with Gasteiger partial charge in [0.05, 0.1) is 4.90 Å². The average Bonchev–Trinajstić information content (AvgIpc) is 2.68. The minimum Gasteiger partial charge on any atom is -0.369 e. The summed E-state index contributed by atoms with van der Waals surface area (Å²) in [5.41, 5.74) is 3.43. The van der Waals surface area contributed by atoms with E-state index in [1.165, 1.54) is 17.3 Å². The van der Waals surface area contributed by atoms with Gasteiger partial charge >= 0.3 is 0 Å². The van der Waals surface area contributed by atoms with Crippen LogP contribution in [0.15, 0.2) is 47.4 Å². The third-order valence-electron chi connectivity index (χ3n) is 5.14. The average molecular weight is 422 g/mol. The number of anilines is 1. The summed E-state index contributed by atoms with van der Waals surface area (Å²) >= 11 is 6.04. The number of nitrogens with one attached hydrogen (secondary N) is 1. The number of halogens is 1. The largest absolute Gasteiger partial charge is 0.369 e. The molecule has 0 aromatic heterocycles. The topological polar surface area (TPSA) is 52.6 Å². The van der Waals surface area contributed by atoms with Crippen LogP contribution >= 0.6 is 11.6 Å². The van der Waals surface area contributed by atoms with Gasteiger partial charge in [-0.3, -0.25) is 4.90 Å². The molecule has 1 fully saturated rings. The van der Waals surface area contributed by atoms with Crippen LogP contribution in [0.25, 0.3) is 0 Å². The van der Waals surface area contributed by atoms with Crippen LogP contribution in [0.3, 0.4) is 0 Å². The monoisotopic (exact) mass is 421 g/mol. The fourth-order valence-electron chi connectivity index (χ4n) is 3.39. The Kier molecular flexibility index (Phi) is 6.99. The van der Waals surface area contributed by atoms with Gasteiger partial charge in [0.15, 0.2) is 0 Å². The Hall–Kier alpha value is -1.60. The summed E-state index contributed by atoms with van der Waals surface area (Å²) in [6.07, 6.45) is 0.781. The van der Waals surface area contributed by atoms with Gasteiger partial charge in [-0.25, -0.2) is 13.1 Å². The zero-order valence-electron chi connectivity index (χ0n) is 16.5. The van der Waals surface area contributed by atoms with Gasteiger partial charge in [-0.15, -0.1) is 0 Å². The van der Waals surface area contributed by atoms with Crippen molar-refractivity contribution in [2.24, 2.45) is 0 Å². The second-order valence-corrected chi connectivity index (χ2v) is 9.50. The molecule has 1 aliphatic rings. The predicted molar refractivity (Wildman–Crippen MR) is 116 cm³/mol. The van der Waals surface area contributed by atoms with Crippen molar-refractivity contribution in [1.29, 1.82) is 0 Å². The van der Waals surface area contributed by atoms with Gasteiger partial charge in [-0.1, -0.05) is 29.8 Å². The molecule has 1 heterocycles. The third kappa shape index (κ3) is 5.47. The Morgan fingerprint density at radius 2 is 1.79 bits per heavy atom. The molecule has 0 spiro atoms. The zero-order chi connectivity index (χ0) is 20.1. The van der Waals surface area contributed by atoms with Crippen molar-refractivity contribution in [3.63, 3.8) is 0 Å². The summed E-state index contributed by atoms with van der Waals surface area (Å²) in [5, 5.41) is 0.467. The molecule has 0 radical (unpaired) electrons. The lowest BCUT2D eigenvalue weighted by Crippen LogP contribution is -2.47. The van der Waals surface area contributed by atoms with E-state index in [1.807, 2.05) is 6.92 Å². The number of nitrogens with zero attached hydrogens (tertiary/aromatic N) is 2. The molecule has 2 aromatic carbocycles. The highest BCUT2D eigenvalue weighted by Gasteiger charge is 2.18. The van der Waals surface area contributed by atoms with Crippen molar-refractivity contribution in [3.8, 4) is 0 Å². The Bertz CT molecular complexity index is 910. The number of sulfonamides is 1. The predicted octanol–water partition coefficient (Wildman–Crippen LogP) is 3.45. The second kappa shape index (κ2) is 9.27. The molecule has 1 aliphatic heterocycles.